The number of hydrogen-bond donors (Lipinski definition) is 3. The highest BCUT2D eigenvalue weighted by atomic mass is 16.5. The molecule has 1 aliphatic heterocycles. The van der Waals surface area contributed by atoms with Crippen LogP contribution in [-0.4, -0.2) is 27.5 Å². The number of aliphatic hydroxyl groups is 1. The summed E-state index contributed by atoms with van der Waals surface area (Å²) in [7, 11) is 0. The van der Waals surface area contributed by atoms with Crippen molar-refractivity contribution in [2.24, 2.45) is 0 Å². The van der Waals surface area contributed by atoms with Crippen molar-refractivity contribution in [3.63, 3.8) is 0 Å². The Labute approximate surface area is 149 Å². The van der Waals surface area contributed by atoms with Crippen molar-refractivity contribution >= 4 is 11.0 Å². The van der Waals surface area contributed by atoms with Gasteiger partial charge in [0, 0.05) is 17.5 Å². The summed E-state index contributed by atoms with van der Waals surface area (Å²) >= 11 is 0. The van der Waals surface area contributed by atoms with E-state index in [4.69, 9.17) is 4.42 Å². The topological polar surface area (TPSA) is 68.9 Å². The van der Waals surface area contributed by atoms with Gasteiger partial charge in [0.1, 0.15) is 17.4 Å². The lowest BCUT2D eigenvalue weighted by molar-refractivity contribution is -0.216. The zero-order valence-corrected chi connectivity index (χ0v) is 16.3. The molecule has 5 heteroatoms. The summed E-state index contributed by atoms with van der Waals surface area (Å²) in [5.41, 5.74) is 1.84. The first-order valence-electron chi connectivity index (χ1n) is 8.85. The summed E-state index contributed by atoms with van der Waals surface area (Å²) in [6.07, 6.45) is -0.697. The monoisotopic (exact) mass is 346 g/mol. The third-order valence-corrected chi connectivity index (χ3v) is 5.21. The zero-order valence-electron chi connectivity index (χ0n) is 16.3. The molecule has 1 aromatic heterocycles. The Morgan fingerprint density at radius 1 is 1.08 bits per heavy atom. The van der Waals surface area contributed by atoms with E-state index in [1.54, 1.807) is 0 Å². The predicted octanol–water partition coefficient (Wildman–Crippen LogP) is 4.03. The SMILES string of the molecule is CC(C)(C)NCC(O)c1cc2cc3c(cc2o1)C(C)(C)N(O)C3(C)C. The van der Waals surface area contributed by atoms with Gasteiger partial charge in [-0.1, -0.05) is 0 Å². The Morgan fingerprint density at radius 2 is 1.64 bits per heavy atom. The number of furan rings is 1. The summed E-state index contributed by atoms with van der Waals surface area (Å²) in [6, 6.07) is 5.96. The highest BCUT2D eigenvalue weighted by Gasteiger charge is 2.49. The first-order chi connectivity index (χ1) is 11.3. The maximum atomic E-state index is 10.6. The number of nitrogens with zero attached hydrogens (tertiary/aromatic N) is 1. The average molecular weight is 346 g/mol. The van der Waals surface area contributed by atoms with E-state index in [2.05, 4.69) is 32.2 Å². The smallest absolute Gasteiger partial charge is 0.135 e. The van der Waals surface area contributed by atoms with Gasteiger partial charge in [-0.3, -0.25) is 0 Å². The molecule has 1 unspecified atom stereocenters. The number of aliphatic hydroxyl groups excluding tert-OH is 1. The van der Waals surface area contributed by atoms with Crippen LogP contribution in [0.1, 0.15) is 71.5 Å². The first-order valence-corrected chi connectivity index (χ1v) is 8.85. The van der Waals surface area contributed by atoms with Gasteiger partial charge in [-0.15, -0.1) is 0 Å². The van der Waals surface area contributed by atoms with Crippen LogP contribution in [0.5, 0.6) is 0 Å². The van der Waals surface area contributed by atoms with Crippen LogP contribution in [0.15, 0.2) is 22.6 Å². The minimum absolute atomic E-state index is 0.0627. The molecule has 2 aromatic rings. The largest absolute Gasteiger partial charge is 0.458 e. The van der Waals surface area contributed by atoms with E-state index in [0.717, 1.165) is 22.1 Å². The van der Waals surface area contributed by atoms with Crippen LogP contribution in [0.3, 0.4) is 0 Å². The number of benzene rings is 1. The molecule has 0 saturated heterocycles. The van der Waals surface area contributed by atoms with Crippen LogP contribution in [-0.2, 0) is 11.1 Å². The summed E-state index contributed by atoms with van der Waals surface area (Å²) < 4.78 is 5.93. The molecule has 25 heavy (non-hydrogen) atoms. The van der Waals surface area contributed by atoms with Crippen molar-refractivity contribution in [3.05, 3.63) is 35.1 Å². The van der Waals surface area contributed by atoms with Crippen molar-refractivity contribution in [2.45, 2.75) is 71.2 Å². The molecule has 0 fully saturated rings. The molecule has 0 radical (unpaired) electrons. The molecule has 1 aromatic carbocycles. The first kappa shape index (κ1) is 18.4. The average Bonchev–Trinajstić information content (AvgIpc) is 2.97. The summed E-state index contributed by atoms with van der Waals surface area (Å²) in [5, 5.41) is 26.7. The number of hydrogen-bond acceptors (Lipinski definition) is 5. The molecule has 0 amide bonds. The molecular weight excluding hydrogens is 316 g/mol. The Kier molecular flexibility index (Phi) is 4.08. The summed E-state index contributed by atoms with van der Waals surface area (Å²) in [4.78, 5) is 0. The van der Waals surface area contributed by atoms with Gasteiger partial charge in [0.2, 0.25) is 0 Å². The third-order valence-electron chi connectivity index (χ3n) is 5.21. The second kappa shape index (κ2) is 5.55. The van der Waals surface area contributed by atoms with E-state index in [-0.39, 0.29) is 5.54 Å². The lowest BCUT2D eigenvalue weighted by Gasteiger charge is -2.34. The third kappa shape index (κ3) is 2.99. The molecule has 1 atom stereocenters. The highest BCUT2D eigenvalue weighted by molar-refractivity contribution is 5.81. The predicted molar refractivity (Wildman–Crippen MR) is 98.6 cm³/mol. The van der Waals surface area contributed by atoms with Crippen molar-refractivity contribution in [1.82, 2.24) is 10.4 Å². The van der Waals surface area contributed by atoms with Crippen LogP contribution in [0.25, 0.3) is 11.0 Å². The van der Waals surface area contributed by atoms with Gasteiger partial charge in [0.05, 0.1) is 11.1 Å². The molecule has 3 rings (SSSR count). The second-order valence-electron chi connectivity index (χ2n) is 9.16. The van der Waals surface area contributed by atoms with Gasteiger partial charge in [-0.25, -0.2) is 0 Å². The fourth-order valence-corrected chi connectivity index (χ4v) is 3.71. The van der Waals surface area contributed by atoms with E-state index in [1.807, 2.05) is 39.8 Å². The molecular formula is C20H30N2O3. The van der Waals surface area contributed by atoms with E-state index >= 15 is 0 Å². The second-order valence-corrected chi connectivity index (χ2v) is 9.16. The molecule has 0 bridgehead atoms. The standard InChI is InChI=1S/C20H30N2O3/c1-18(2,3)21-11-15(23)17-9-12-8-13-14(10-16(12)25-17)20(6,7)22(24)19(13,4)5/h8-10,15,21,23-24H,11H2,1-7H3. The van der Waals surface area contributed by atoms with Gasteiger partial charge in [0.25, 0.3) is 0 Å². The minimum atomic E-state index is -0.697. The number of nitrogens with one attached hydrogen (secondary N) is 1. The van der Waals surface area contributed by atoms with E-state index in [9.17, 15) is 10.3 Å². The Morgan fingerprint density at radius 3 is 2.20 bits per heavy atom. The fourth-order valence-electron chi connectivity index (χ4n) is 3.71. The van der Waals surface area contributed by atoms with Crippen LogP contribution in [0.4, 0.5) is 0 Å². The number of rotatable bonds is 3. The summed E-state index contributed by atoms with van der Waals surface area (Å²) in [6.45, 7) is 14.6. The van der Waals surface area contributed by atoms with Gasteiger partial charge >= 0.3 is 0 Å². The van der Waals surface area contributed by atoms with Crippen molar-refractivity contribution in [3.8, 4) is 0 Å². The summed E-state index contributed by atoms with van der Waals surface area (Å²) in [5.74, 6) is 0.562. The van der Waals surface area contributed by atoms with Crippen LogP contribution < -0.4 is 5.32 Å². The van der Waals surface area contributed by atoms with E-state index in [1.165, 1.54) is 5.06 Å². The molecule has 1 aliphatic rings. The zero-order chi connectivity index (χ0) is 18.8. The quantitative estimate of drug-likeness (QED) is 0.783. The highest BCUT2D eigenvalue weighted by Crippen LogP contribution is 2.49. The number of fused-ring (bicyclic) bond motifs is 2. The molecule has 138 valence electrons. The lowest BCUT2D eigenvalue weighted by Crippen LogP contribution is -2.42. The van der Waals surface area contributed by atoms with Gasteiger partial charge in [-0.2, -0.15) is 5.06 Å². The molecule has 0 saturated carbocycles. The maximum absolute atomic E-state index is 10.6. The Balaban J connectivity index is 1.99. The van der Waals surface area contributed by atoms with E-state index < -0.39 is 17.2 Å². The van der Waals surface area contributed by atoms with Crippen LogP contribution >= 0.6 is 0 Å². The van der Waals surface area contributed by atoms with Crippen molar-refractivity contribution < 1.29 is 14.7 Å². The van der Waals surface area contributed by atoms with Crippen LogP contribution in [0, 0.1) is 0 Å². The van der Waals surface area contributed by atoms with Gasteiger partial charge in [0.15, 0.2) is 0 Å². The van der Waals surface area contributed by atoms with Crippen molar-refractivity contribution in [2.75, 3.05) is 6.54 Å². The molecule has 2 heterocycles. The molecule has 3 N–H and O–H groups in total. The van der Waals surface area contributed by atoms with Gasteiger partial charge in [-0.05, 0) is 77.8 Å². The van der Waals surface area contributed by atoms with E-state index in [0.29, 0.717) is 12.3 Å². The molecule has 5 nitrogen and oxygen atoms in total. The van der Waals surface area contributed by atoms with Gasteiger partial charge < -0.3 is 20.0 Å². The molecule has 0 spiro atoms. The molecule has 0 aliphatic carbocycles. The number of hydroxylamine groups is 2. The normalized spacial score (nSPS) is 20.8. The Hall–Kier alpha value is -1.40. The van der Waals surface area contributed by atoms with Crippen LogP contribution in [0.2, 0.25) is 0 Å². The van der Waals surface area contributed by atoms with Crippen molar-refractivity contribution in [1.29, 1.82) is 0 Å². The maximum Gasteiger partial charge on any atom is 0.135 e. The number of β-amino-alcohol motifs (C(OH)–C–C–N with tert-alkyl or cyclic N) is 1. The Bertz CT molecular complexity index is 746. The lowest BCUT2D eigenvalue weighted by atomic mass is 9.89. The minimum Gasteiger partial charge on any atom is -0.458 e. The fraction of sp³-hybridized carbons (Fsp3) is 0.600.